The molecule has 0 bridgehead atoms. The largest absolute Gasteiger partial charge is 0.416 e. The second-order valence-electron chi connectivity index (χ2n) is 5.11. The van der Waals surface area contributed by atoms with Crippen LogP contribution in [0, 0.1) is 0 Å². The van der Waals surface area contributed by atoms with Gasteiger partial charge in [-0.2, -0.15) is 17.5 Å². The Hall–Kier alpha value is -1.09. The van der Waals surface area contributed by atoms with Crippen LogP contribution in [-0.4, -0.2) is 19.3 Å². The SMILES string of the molecule is O=S(=O)(c1cccc(C(F)(F)F)c1)N1CCc2sc(Cl)cc2C1. The molecular formula is C14H11ClF3NO2S2. The van der Waals surface area contributed by atoms with Crippen molar-refractivity contribution in [1.82, 2.24) is 4.31 Å². The van der Waals surface area contributed by atoms with Crippen molar-refractivity contribution in [2.24, 2.45) is 0 Å². The standard InChI is InChI=1S/C14H11ClF3NO2S2/c15-13-6-9-8-19(5-4-12(9)22-13)23(20,21)11-3-1-2-10(7-11)14(16,17)18/h1-3,6-7H,4-5,8H2. The number of sulfonamides is 1. The van der Waals surface area contributed by atoms with E-state index in [1.807, 2.05) is 0 Å². The smallest absolute Gasteiger partial charge is 0.207 e. The fraction of sp³-hybridized carbons (Fsp3) is 0.286. The predicted octanol–water partition coefficient (Wildman–Crippen LogP) is 4.17. The molecule has 0 atom stereocenters. The molecule has 9 heteroatoms. The molecule has 124 valence electrons. The van der Waals surface area contributed by atoms with Crippen molar-refractivity contribution in [2.45, 2.75) is 24.0 Å². The second-order valence-corrected chi connectivity index (χ2v) is 8.82. The molecule has 0 saturated heterocycles. The molecule has 2 heterocycles. The monoisotopic (exact) mass is 381 g/mol. The molecular weight excluding hydrogens is 371 g/mol. The van der Waals surface area contributed by atoms with Gasteiger partial charge in [-0.1, -0.05) is 17.7 Å². The topological polar surface area (TPSA) is 37.4 Å². The van der Waals surface area contributed by atoms with Gasteiger partial charge in [0.15, 0.2) is 0 Å². The lowest BCUT2D eigenvalue weighted by molar-refractivity contribution is -0.137. The normalized spacial score (nSPS) is 16.3. The highest BCUT2D eigenvalue weighted by molar-refractivity contribution is 7.89. The Balaban J connectivity index is 1.94. The minimum Gasteiger partial charge on any atom is -0.207 e. The molecule has 2 aromatic rings. The first kappa shape index (κ1) is 16.8. The van der Waals surface area contributed by atoms with Gasteiger partial charge in [0, 0.05) is 18.0 Å². The number of nitrogens with zero attached hydrogens (tertiary/aromatic N) is 1. The molecule has 0 unspecified atom stereocenters. The summed E-state index contributed by atoms with van der Waals surface area (Å²) in [5, 5.41) is 0. The fourth-order valence-corrected chi connectivity index (χ4v) is 5.22. The maximum atomic E-state index is 12.8. The van der Waals surface area contributed by atoms with Gasteiger partial charge in [0.05, 0.1) is 14.8 Å². The summed E-state index contributed by atoms with van der Waals surface area (Å²) in [5.74, 6) is 0. The molecule has 0 aliphatic carbocycles. The van der Waals surface area contributed by atoms with E-state index in [4.69, 9.17) is 11.6 Å². The third-order valence-corrected chi connectivity index (χ3v) is 6.81. The van der Waals surface area contributed by atoms with Gasteiger partial charge in [-0.05, 0) is 36.2 Å². The summed E-state index contributed by atoms with van der Waals surface area (Å²) in [7, 11) is -3.98. The van der Waals surface area contributed by atoms with Gasteiger partial charge in [-0.25, -0.2) is 8.42 Å². The molecule has 0 spiro atoms. The molecule has 23 heavy (non-hydrogen) atoms. The van der Waals surface area contributed by atoms with E-state index in [0.717, 1.165) is 22.6 Å². The van der Waals surface area contributed by atoms with Crippen LogP contribution in [0.25, 0.3) is 0 Å². The molecule has 0 N–H and O–H groups in total. The van der Waals surface area contributed by atoms with E-state index in [0.29, 0.717) is 16.8 Å². The van der Waals surface area contributed by atoms with Gasteiger partial charge in [0.2, 0.25) is 10.0 Å². The van der Waals surface area contributed by atoms with Crippen LogP contribution >= 0.6 is 22.9 Å². The zero-order valence-electron chi connectivity index (χ0n) is 11.6. The van der Waals surface area contributed by atoms with Crippen LogP contribution in [0.2, 0.25) is 4.34 Å². The lowest BCUT2D eigenvalue weighted by Gasteiger charge is -2.26. The highest BCUT2D eigenvalue weighted by atomic mass is 35.5. The third-order valence-electron chi connectivity index (χ3n) is 3.60. The Bertz CT molecular complexity index is 846. The lowest BCUT2D eigenvalue weighted by Crippen LogP contribution is -2.35. The van der Waals surface area contributed by atoms with Crippen molar-refractivity contribution in [3.63, 3.8) is 0 Å². The van der Waals surface area contributed by atoms with Gasteiger partial charge < -0.3 is 0 Å². The van der Waals surface area contributed by atoms with Crippen molar-refractivity contribution in [3.8, 4) is 0 Å². The van der Waals surface area contributed by atoms with Gasteiger partial charge in [0.1, 0.15) is 0 Å². The molecule has 1 aromatic heterocycles. The molecule has 3 rings (SSSR count). The van der Waals surface area contributed by atoms with E-state index in [1.54, 1.807) is 6.07 Å². The lowest BCUT2D eigenvalue weighted by atomic mass is 10.1. The summed E-state index contributed by atoms with van der Waals surface area (Å²) in [5.41, 5.74) is -0.170. The first-order chi connectivity index (χ1) is 10.7. The summed E-state index contributed by atoms with van der Waals surface area (Å²) in [6.07, 6.45) is -4.08. The Labute approximate surface area is 140 Å². The van der Waals surface area contributed by atoms with Gasteiger partial charge in [-0.3, -0.25) is 0 Å². The number of alkyl halides is 3. The molecule has 0 amide bonds. The van der Waals surface area contributed by atoms with Gasteiger partial charge in [0.25, 0.3) is 0 Å². The first-order valence-corrected chi connectivity index (χ1v) is 9.26. The van der Waals surface area contributed by atoms with Crippen LogP contribution in [0.5, 0.6) is 0 Å². The van der Waals surface area contributed by atoms with Crippen molar-refractivity contribution in [2.75, 3.05) is 6.54 Å². The summed E-state index contributed by atoms with van der Waals surface area (Å²) in [6.45, 7) is 0.347. The molecule has 1 aliphatic heterocycles. The summed E-state index contributed by atoms with van der Waals surface area (Å²) in [6, 6.07) is 5.51. The van der Waals surface area contributed by atoms with Crippen LogP contribution in [0.15, 0.2) is 35.2 Å². The molecule has 0 radical (unpaired) electrons. The highest BCUT2D eigenvalue weighted by Crippen LogP contribution is 2.34. The third kappa shape index (κ3) is 3.26. The van der Waals surface area contributed by atoms with Crippen LogP contribution in [0.1, 0.15) is 16.0 Å². The Morgan fingerprint density at radius 1 is 1.22 bits per heavy atom. The van der Waals surface area contributed by atoms with E-state index in [9.17, 15) is 21.6 Å². The number of hydrogen-bond donors (Lipinski definition) is 0. The van der Waals surface area contributed by atoms with Crippen LogP contribution in [-0.2, 0) is 29.2 Å². The Kier molecular flexibility index (Phi) is 4.20. The van der Waals surface area contributed by atoms with Crippen LogP contribution in [0.3, 0.4) is 0 Å². The number of hydrogen-bond acceptors (Lipinski definition) is 3. The average Bonchev–Trinajstić information content (AvgIpc) is 2.85. The zero-order valence-corrected chi connectivity index (χ0v) is 14.0. The summed E-state index contributed by atoms with van der Waals surface area (Å²) >= 11 is 7.33. The average molecular weight is 382 g/mol. The van der Waals surface area contributed by atoms with Gasteiger partial charge in [-0.15, -0.1) is 11.3 Å². The minimum atomic E-state index is -4.58. The van der Waals surface area contributed by atoms with Crippen LogP contribution in [0.4, 0.5) is 13.2 Å². The fourth-order valence-electron chi connectivity index (χ4n) is 2.46. The second kappa shape index (κ2) is 5.77. The molecule has 0 saturated carbocycles. The maximum absolute atomic E-state index is 12.8. The van der Waals surface area contributed by atoms with E-state index in [1.165, 1.54) is 21.7 Å². The van der Waals surface area contributed by atoms with Crippen molar-refractivity contribution in [1.29, 1.82) is 0 Å². The Morgan fingerprint density at radius 2 is 1.96 bits per heavy atom. The molecule has 1 aromatic carbocycles. The summed E-state index contributed by atoms with van der Waals surface area (Å²) < 4.78 is 65.3. The zero-order chi connectivity index (χ0) is 16.8. The quantitative estimate of drug-likeness (QED) is 0.783. The van der Waals surface area contributed by atoms with E-state index >= 15 is 0 Å². The molecule has 3 nitrogen and oxygen atoms in total. The van der Waals surface area contributed by atoms with Crippen molar-refractivity contribution < 1.29 is 21.6 Å². The minimum absolute atomic E-state index is 0.122. The number of benzene rings is 1. The van der Waals surface area contributed by atoms with Crippen LogP contribution < -0.4 is 0 Å². The predicted molar refractivity (Wildman–Crippen MR) is 82.1 cm³/mol. The highest BCUT2D eigenvalue weighted by Gasteiger charge is 2.34. The number of fused-ring (bicyclic) bond motifs is 1. The Morgan fingerprint density at radius 3 is 2.65 bits per heavy atom. The van der Waals surface area contributed by atoms with Crippen molar-refractivity contribution in [3.05, 3.63) is 50.7 Å². The van der Waals surface area contributed by atoms with E-state index in [2.05, 4.69) is 0 Å². The number of thiophene rings is 1. The van der Waals surface area contributed by atoms with Gasteiger partial charge >= 0.3 is 6.18 Å². The molecule has 0 fully saturated rings. The number of halogens is 4. The van der Waals surface area contributed by atoms with E-state index < -0.39 is 21.8 Å². The first-order valence-electron chi connectivity index (χ1n) is 6.62. The number of rotatable bonds is 2. The molecule has 1 aliphatic rings. The summed E-state index contributed by atoms with van der Waals surface area (Å²) in [4.78, 5) is 0.669. The maximum Gasteiger partial charge on any atom is 0.416 e. The van der Waals surface area contributed by atoms with E-state index in [-0.39, 0.29) is 18.0 Å². The van der Waals surface area contributed by atoms with Crippen molar-refractivity contribution >= 4 is 33.0 Å².